The smallest absolute Gasteiger partial charge is 0.345 e. The number of nitrogens with one attached hydrogen (secondary N) is 2. The van der Waals surface area contributed by atoms with Crippen molar-refractivity contribution < 1.29 is 9.53 Å². The van der Waals surface area contributed by atoms with Crippen molar-refractivity contribution in [1.29, 1.82) is 0 Å². The van der Waals surface area contributed by atoms with Crippen molar-refractivity contribution in [1.82, 2.24) is 4.98 Å². The molecule has 3 aromatic rings. The van der Waals surface area contributed by atoms with Crippen LogP contribution in [0, 0.1) is 6.92 Å². The molecule has 0 aliphatic rings. The number of rotatable bonds is 4. The summed E-state index contributed by atoms with van der Waals surface area (Å²) in [5, 5.41) is 4.28. The largest absolute Gasteiger partial charge is 0.465 e. The Balaban J connectivity index is 2.16. The lowest BCUT2D eigenvalue weighted by Gasteiger charge is -2.15. The van der Waals surface area contributed by atoms with Crippen molar-refractivity contribution in [2.75, 3.05) is 12.4 Å². The Labute approximate surface area is 149 Å². The van der Waals surface area contributed by atoms with Crippen LogP contribution in [0.5, 0.6) is 0 Å². The van der Waals surface area contributed by atoms with Gasteiger partial charge in [0.15, 0.2) is 0 Å². The average molecular weight is 357 g/mol. The number of aryl methyl sites for hydroxylation is 1. The van der Waals surface area contributed by atoms with Gasteiger partial charge >= 0.3 is 5.97 Å². The molecule has 1 heterocycles. The zero-order valence-electron chi connectivity index (χ0n) is 13.9. The molecule has 128 valence electrons. The number of ether oxygens (including phenoxy) is 1. The standard InChI is InChI=1S/C19H17ClN2O3/c1-11-6-3-4-7-12(11)10-21-17-13-8-5-9-14(20)16(13)22-18(23)15(17)19(24)25-2/h3-9H,10H2,1-2H3,(H2,21,22,23). The van der Waals surface area contributed by atoms with Gasteiger partial charge in [0.05, 0.1) is 23.3 Å². The minimum Gasteiger partial charge on any atom is -0.465 e. The number of hydrogen-bond acceptors (Lipinski definition) is 4. The molecular formula is C19H17ClN2O3. The zero-order chi connectivity index (χ0) is 18.0. The van der Waals surface area contributed by atoms with Crippen molar-refractivity contribution in [3.63, 3.8) is 0 Å². The fourth-order valence-corrected chi connectivity index (χ4v) is 2.98. The molecule has 0 saturated heterocycles. The third kappa shape index (κ3) is 3.23. The number of aromatic nitrogens is 1. The number of H-pyrrole nitrogens is 1. The number of carbonyl (C=O) groups is 1. The fourth-order valence-electron chi connectivity index (χ4n) is 2.76. The van der Waals surface area contributed by atoms with Crippen LogP contribution in [0.3, 0.4) is 0 Å². The predicted octanol–water partition coefficient (Wildman–Crippen LogP) is 3.89. The van der Waals surface area contributed by atoms with Crippen molar-refractivity contribution in [2.24, 2.45) is 0 Å². The van der Waals surface area contributed by atoms with Crippen LogP contribution in [-0.4, -0.2) is 18.1 Å². The molecular weight excluding hydrogens is 340 g/mol. The lowest BCUT2D eigenvalue weighted by atomic mass is 10.1. The summed E-state index contributed by atoms with van der Waals surface area (Å²) in [5.74, 6) is -0.699. The Morgan fingerprint density at radius 2 is 1.96 bits per heavy atom. The molecule has 0 atom stereocenters. The van der Waals surface area contributed by atoms with E-state index in [0.717, 1.165) is 11.1 Å². The zero-order valence-corrected chi connectivity index (χ0v) is 14.6. The van der Waals surface area contributed by atoms with Gasteiger partial charge in [0.2, 0.25) is 0 Å². The maximum atomic E-state index is 12.4. The van der Waals surface area contributed by atoms with E-state index in [1.807, 2.05) is 31.2 Å². The molecule has 0 aliphatic heterocycles. The summed E-state index contributed by atoms with van der Waals surface area (Å²) in [4.78, 5) is 27.2. The number of halogens is 1. The van der Waals surface area contributed by atoms with Crippen LogP contribution < -0.4 is 10.9 Å². The molecule has 25 heavy (non-hydrogen) atoms. The molecule has 2 aromatic carbocycles. The Hall–Kier alpha value is -2.79. The topological polar surface area (TPSA) is 71.2 Å². The molecule has 2 N–H and O–H groups in total. The van der Waals surface area contributed by atoms with Crippen LogP contribution in [0.1, 0.15) is 21.5 Å². The number of aromatic amines is 1. The number of para-hydroxylation sites is 1. The highest BCUT2D eigenvalue weighted by Crippen LogP contribution is 2.29. The van der Waals surface area contributed by atoms with Gasteiger partial charge in [-0.05, 0) is 24.1 Å². The maximum absolute atomic E-state index is 12.4. The van der Waals surface area contributed by atoms with Gasteiger partial charge in [0.25, 0.3) is 5.56 Å². The van der Waals surface area contributed by atoms with Crippen LogP contribution in [0.2, 0.25) is 5.02 Å². The van der Waals surface area contributed by atoms with E-state index in [4.69, 9.17) is 16.3 Å². The number of benzene rings is 2. The van der Waals surface area contributed by atoms with Crippen LogP contribution in [0.25, 0.3) is 10.9 Å². The van der Waals surface area contributed by atoms with Crippen molar-refractivity contribution in [2.45, 2.75) is 13.5 Å². The third-order valence-corrected chi connectivity index (χ3v) is 4.42. The molecule has 1 aromatic heterocycles. The monoisotopic (exact) mass is 356 g/mol. The first-order valence-corrected chi connectivity index (χ1v) is 8.12. The van der Waals surface area contributed by atoms with Crippen LogP contribution in [-0.2, 0) is 11.3 Å². The van der Waals surface area contributed by atoms with E-state index in [9.17, 15) is 9.59 Å². The number of hydrogen-bond donors (Lipinski definition) is 2. The average Bonchev–Trinajstić information content (AvgIpc) is 2.61. The Kier molecular flexibility index (Phi) is 4.76. The Morgan fingerprint density at radius 3 is 2.68 bits per heavy atom. The Bertz CT molecular complexity index is 1010. The number of carbonyl (C=O) groups excluding carboxylic acids is 1. The summed E-state index contributed by atoms with van der Waals surface area (Å²) in [7, 11) is 1.25. The minimum atomic E-state index is -0.699. The second-order valence-corrected chi connectivity index (χ2v) is 6.05. The summed E-state index contributed by atoms with van der Waals surface area (Å²) < 4.78 is 4.78. The van der Waals surface area contributed by atoms with Gasteiger partial charge in [-0.25, -0.2) is 4.79 Å². The summed E-state index contributed by atoms with van der Waals surface area (Å²) in [6.07, 6.45) is 0. The summed E-state index contributed by atoms with van der Waals surface area (Å²) in [6, 6.07) is 13.1. The van der Waals surface area contributed by atoms with E-state index in [0.29, 0.717) is 28.2 Å². The fraction of sp³-hybridized carbons (Fsp3) is 0.158. The maximum Gasteiger partial charge on any atom is 0.345 e. The van der Waals surface area contributed by atoms with Gasteiger partial charge in [-0.1, -0.05) is 48.0 Å². The van der Waals surface area contributed by atoms with Crippen molar-refractivity contribution in [3.05, 3.63) is 74.5 Å². The normalized spacial score (nSPS) is 10.7. The quantitative estimate of drug-likeness (QED) is 0.696. The molecule has 0 aliphatic carbocycles. The van der Waals surface area contributed by atoms with Crippen molar-refractivity contribution >= 4 is 34.2 Å². The summed E-state index contributed by atoms with van der Waals surface area (Å²) in [5.41, 5.74) is 2.46. The molecule has 3 rings (SSSR count). The molecule has 0 spiro atoms. The number of fused-ring (bicyclic) bond motifs is 1. The van der Waals surface area contributed by atoms with Gasteiger partial charge in [-0.15, -0.1) is 0 Å². The first-order valence-electron chi connectivity index (χ1n) is 7.74. The SMILES string of the molecule is COC(=O)c1c(NCc2ccccc2C)c2cccc(Cl)c2[nH]c1=O. The van der Waals surface area contributed by atoms with Gasteiger partial charge in [0, 0.05) is 11.9 Å². The molecule has 0 saturated carbocycles. The summed E-state index contributed by atoms with van der Waals surface area (Å²) >= 11 is 6.20. The summed E-state index contributed by atoms with van der Waals surface area (Å²) in [6.45, 7) is 2.47. The highest BCUT2D eigenvalue weighted by molar-refractivity contribution is 6.35. The molecule has 0 fully saturated rings. The van der Waals surface area contributed by atoms with E-state index in [2.05, 4.69) is 10.3 Å². The second-order valence-electron chi connectivity index (χ2n) is 5.64. The van der Waals surface area contributed by atoms with Gasteiger partial charge in [-0.2, -0.15) is 0 Å². The molecule has 6 heteroatoms. The van der Waals surface area contributed by atoms with Gasteiger partial charge < -0.3 is 15.0 Å². The van der Waals surface area contributed by atoms with E-state index in [-0.39, 0.29) is 5.56 Å². The molecule has 0 bridgehead atoms. The highest BCUT2D eigenvalue weighted by Gasteiger charge is 2.21. The van der Waals surface area contributed by atoms with E-state index in [1.54, 1.807) is 18.2 Å². The predicted molar refractivity (Wildman–Crippen MR) is 99.4 cm³/mol. The molecule has 0 amide bonds. The lowest BCUT2D eigenvalue weighted by molar-refractivity contribution is 0.0600. The van der Waals surface area contributed by atoms with Gasteiger partial charge in [0.1, 0.15) is 5.56 Å². The van der Waals surface area contributed by atoms with E-state index >= 15 is 0 Å². The van der Waals surface area contributed by atoms with Gasteiger partial charge in [-0.3, -0.25) is 4.79 Å². The molecule has 5 nitrogen and oxygen atoms in total. The molecule has 0 unspecified atom stereocenters. The number of esters is 1. The first-order chi connectivity index (χ1) is 12.0. The second kappa shape index (κ2) is 6.99. The molecule has 0 radical (unpaired) electrons. The first kappa shape index (κ1) is 17.0. The third-order valence-electron chi connectivity index (χ3n) is 4.10. The minimum absolute atomic E-state index is 0.0640. The van der Waals surface area contributed by atoms with Crippen molar-refractivity contribution in [3.8, 4) is 0 Å². The number of anilines is 1. The van der Waals surface area contributed by atoms with Crippen LogP contribution in [0.4, 0.5) is 5.69 Å². The Morgan fingerprint density at radius 1 is 1.20 bits per heavy atom. The van der Waals surface area contributed by atoms with Crippen LogP contribution >= 0.6 is 11.6 Å². The van der Waals surface area contributed by atoms with E-state index < -0.39 is 11.5 Å². The lowest BCUT2D eigenvalue weighted by Crippen LogP contribution is -2.22. The number of methoxy groups -OCH3 is 1. The highest BCUT2D eigenvalue weighted by atomic mass is 35.5. The number of pyridine rings is 1. The van der Waals surface area contributed by atoms with Crippen LogP contribution in [0.15, 0.2) is 47.3 Å². The van der Waals surface area contributed by atoms with E-state index in [1.165, 1.54) is 7.11 Å².